The van der Waals surface area contributed by atoms with E-state index in [4.69, 9.17) is 0 Å². The summed E-state index contributed by atoms with van der Waals surface area (Å²) in [6, 6.07) is 7.09. The van der Waals surface area contributed by atoms with E-state index in [-0.39, 0.29) is 17.4 Å². The number of benzene rings is 1. The van der Waals surface area contributed by atoms with E-state index in [2.05, 4.69) is 10.4 Å². The third-order valence-electron chi connectivity index (χ3n) is 5.16. The number of aromatic nitrogens is 2. The highest BCUT2D eigenvalue weighted by molar-refractivity contribution is 5.82. The van der Waals surface area contributed by atoms with Crippen molar-refractivity contribution < 1.29 is 9.90 Å². The Morgan fingerprint density at radius 1 is 1.32 bits per heavy atom. The largest absolute Gasteiger partial charge is 0.389 e. The van der Waals surface area contributed by atoms with Crippen molar-refractivity contribution in [1.29, 1.82) is 0 Å². The lowest BCUT2D eigenvalue weighted by Crippen LogP contribution is -2.44. The molecule has 1 heterocycles. The molecule has 2 aromatic rings. The van der Waals surface area contributed by atoms with Crippen molar-refractivity contribution in [1.82, 2.24) is 9.66 Å². The number of hydrogen-bond acceptors (Lipinski definition) is 4. The van der Waals surface area contributed by atoms with Gasteiger partial charge in [0, 0.05) is 12.8 Å². The van der Waals surface area contributed by atoms with Crippen LogP contribution in [-0.2, 0) is 4.79 Å². The zero-order valence-electron chi connectivity index (χ0n) is 14.8. The molecule has 1 aromatic carbocycles. The van der Waals surface area contributed by atoms with Gasteiger partial charge in [0.2, 0.25) is 5.91 Å². The minimum atomic E-state index is -0.894. The van der Waals surface area contributed by atoms with Gasteiger partial charge in [-0.1, -0.05) is 38.3 Å². The van der Waals surface area contributed by atoms with E-state index >= 15 is 0 Å². The molecule has 2 N–H and O–H groups in total. The Morgan fingerprint density at radius 3 is 2.64 bits per heavy atom. The van der Waals surface area contributed by atoms with E-state index in [1.165, 1.54) is 11.6 Å². The van der Waals surface area contributed by atoms with E-state index < -0.39 is 5.60 Å². The van der Waals surface area contributed by atoms with Crippen LogP contribution in [0.1, 0.15) is 64.1 Å². The molecule has 1 unspecified atom stereocenters. The van der Waals surface area contributed by atoms with Crippen molar-refractivity contribution in [2.24, 2.45) is 0 Å². The lowest BCUT2D eigenvalue weighted by atomic mass is 9.74. The van der Waals surface area contributed by atoms with Crippen LogP contribution < -0.4 is 11.0 Å². The first-order valence-corrected chi connectivity index (χ1v) is 8.98. The molecule has 1 amide bonds. The number of carbonyl (C=O) groups excluding carboxylic acids is 1. The van der Waals surface area contributed by atoms with Crippen molar-refractivity contribution in [2.75, 3.05) is 5.43 Å². The molecular weight excluding hydrogens is 318 g/mol. The fraction of sp³-hybridized carbons (Fsp3) is 0.526. The molecule has 1 aromatic heterocycles. The summed E-state index contributed by atoms with van der Waals surface area (Å²) >= 11 is 0. The number of carbonyl (C=O) groups is 1. The van der Waals surface area contributed by atoms with E-state index in [1.54, 1.807) is 18.2 Å². The number of nitrogens with zero attached hydrogens (tertiary/aromatic N) is 2. The molecule has 1 aliphatic carbocycles. The summed E-state index contributed by atoms with van der Waals surface area (Å²) < 4.78 is 1.23. The molecule has 25 heavy (non-hydrogen) atoms. The lowest BCUT2D eigenvalue weighted by molar-refractivity contribution is -0.115. The first-order valence-electron chi connectivity index (χ1n) is 8.98. The van der Waals surface area contributed by atoms with Crippen LogP contribution in [0.15, 0.2) is 29.1 Å². The minimum Gasteiger partial charge on any atom is -0.389 e. The number of fused-ring (bicyclic) bond motifs is 1. The standard InChI is InChI=1S/C19H25N3O3/c1-3-15(19(25)11-7-4-8-12-19)17-20-16-10-6-5-9-14(16)18(24)22(17)21-13(2)23/h5-6,9-10,15,25H,3-4,7-8,11-12H2,1-2H3,(H,21,23). The highest BCUT2D eigenvalue weighted by Gasteiger charge is 2.40. The fourth-order valence-corrected chi connectivity index (χ4v) is 3.96. The molecule has 0 saturated heterocycles. The lowest BCUT2D eigenvalue weighted by Gasteiger charge is -2.39. The van der Waals surface area contributed by atoms with Crippen molar-refractivity contribution in [2.45, 2.75) is 63.9 Å². The molecule has 1 fully saturated rings. The molecule has 0 spiro atoms. The maximum atomic E-state index is 12.9. The Bertz CT molecular complexity index is 837. The molecule has 6 heteroatoms. The number of aliphatic hydroxyl groups is 1. The molecular formula is C19H25N3O3. The third-order valence-corrected chi connectivity index (χ3v) is 5.16. The van der Waals surface area contributed by atoms with Crippen LogP contribution in [0.25, 0.3) is 10.9 Å². The number of para-hydroxylation sites is 1. The van der Waals surface area contributed by atoms with Crippen molar-refractivity contribution in [3.8, 4) is 0 Å². The summed E-state index contributed by atoms with van der Waals surface area (Å²) in [6.45, 7) is 3.35. The van der Waals surface area contributed by atoms with Gasteiger partial charge in [-0.05, 0) is 31.4 Å². The molecule has 3 rings (SSSR count). The molecule has 1 saturated carbocycles. The van der Waals surface area contributed by atoms with Gasteiger partial charge in [-0.2, -0.15) is 0 Å². The van der Waals surface area contributed by atoms with Crippen LogP contribution in [0.2, 0.25) is 0 Å². The van der Waals surface area contributed by atoms with Crippen LogP contribution in [-0.4, -0.2) is 26.3 Å². The average molecular weight is 343 g/mol. The molecule has 0 aliphatic heterocycles. The van der Waals surface area contributed by atoms with Crippen LogP contribution in [0.4, 0.5) is 0 Å². The summed E-state index contributed by atoms with van der Waals surface area (Å²) in [5, 5.41) is 11.7. The number of nitrogens with one attached hydrogen (secondary N) is 1. The van der Waals surface area contributed by atoms with Crippen LogP contribution in [0.5, 0.6) is 0 Å². The Hall–Kier alpha value is -2.21. The Kier molecular flexibility index (Phi) is 4.90. The Morgan fingerprint density at radius 2 is 2.00 bits per heavy atom. The van der Waals surface area contributed by atoms with Gasteiger partial charge in [0.1, 0.15) is 5.82 Å². The van der Waals surface area contributed by atoms with E-state index in [0.717, 1.165) is 19.3 Å². The topological polar surface area (TPSA) is 84.2 Å². The van der Waals surface area contributed by atoms with E-state index in [1.807, 2.05) is 13.0 Å². The van der Waals surface area contributed by atoms with Crippen molar-refractivity contribution in [3.63, 3.8) is 0 Å². The average Bonchev–Trinajstić information content (AvgIpc) is 2.59. The molecule has 0 radical (unpaired) electrons. The predicted octanol–water partition coefficient (Wildman–Crippen LogP) is 2.68. The number of rotatable bonds is 4. The first-order chi connectivity index (χ1) is 12.0. The van der Waals surface area contributed by atoms with Crippen LogP contribution in [0, 0.1) is 0 Å². The second-order valence-corrected chi connectivity index (χ2v) is 6.92. The van der Waals surface area contributed by atoms with Gasteiger partial charge in [0.15, 0.2) is 0 Å². The quantitative estimate of drug-likeness (QED) is 0.894. The number of hydrogen-bond donors (Lipinski definition) is 2. The Balaban J connectivity index is 2.21. The van der Waals surface area contributed by atoms with Gasteiger partial charge in [-0.25, -0.2) is 9.66 Å². The molecule has 134 valence electrons. The summed E-state index contributed by atoms with van der Waals surface area (Å²) in [4.78, 5) is 29.2. The van der Waals surface area contributed by atoms with Gasteiger partial charge < -0.3 is 5.11 Å². The molecule has 1 atom stereocenters. The minimum absolute atomic E-state index is 0.308. The normalized spacial score (nSPS) is 18.0. The summed E-state index contributed by atoms with van der Waals surface area (Å²) in [5.74, 6) is -0.214. The zero-order valence-corrected chi connectivity index (χ0v) is 14.8. The maximum Gasteiger partial charge on any atom is 0.280 e. The maximum absolute atomic E-state index is 12.9. The highest BCUT2D eigenvalue weighted by Crippen LogP contribution is 2.41. The third kappa shape index (κ3) is 3.31. The van der Waals surface area contributed by atoms with Gasteiger partial charge in [0.05, 0.1) is 16.5 Å². The number of amides is 1. The predicted molar refractivity (Wildman–Crippen MR) is 97.1 cm³/mol. The SMILES string of the molecule is CCC(c1nc2ccccc2c(=O)n1NC(C)=O)C1(O)CCCCC1. The van der Waals surface area contributed by atoms with Gasteiger partial charge in [0.25, 0.3) is 5.56 Å². The van der Waals surface area contributed by atoms with E-state index in [0.29, 0.717) is 36.0 Å². The first kappa shape index (κ1) is 17.6. The summed E-state index contributed by atoms with van der Waals surface area (Å²) in [5.41, 5.74) is 1.98. The smallest absolute Gasteiger partial charge is 0.280 e. The van der Waals surface area contributed by atoms with Crippen LogP contribution >= 0.6 is 0 Å². The second-order valence-electron chi connectivity index (χ2n) is 6.92. The molecule has 0 bridgehead atoms. The fourth-order valence-electron chi connectivity index (χ4n) is 3.96. The summed E-state index contributed by atoms with van der Waals surface area (Å²) in [7, 11) is 0. The highest BCUT2D eigenvalue weighted by atomic mass is 16.3. The summed E-state index contributed by atoms with van der Waals surface area (Å²) in [6.07, 6.45) is 5.06. The van der Waals surface area contributed by atoms with Gasteiger partial charge >= 0.3 is 0 Å². The molecule has 6 nitrogen and oxygen atoms in total. The van der Waals surface area contributed by atoms with Gasteiger partial charge in [-0.3, -0.25) is 15.0 Å². The zero-order chi connectivity index (χ0) is 18.0. The second kappa shape index (κ2) is 6.96. The molecule has 1 aliphatic rings. The monoisotopic (exact) mass is 343 g/mol. The van der Waals surface area contributed by atoms with Gasteiger partial charge in [-0.15, -0.1) is 0 Å². The van der Waals surface area contributed by atoms with E-state index in [9.17, 15) is 14.7 Å². The van der Waals surface area contributed by atoms with Crippen molar-refractivity contribution >= 4 is 16.8 Å². The Labute approximate surface area is 146 Å². The van der Waals surface area contributed by atoms with Crippen molar-refractivity contribution in [3.05, 3.63) is 40.4 Å². The van der Waals surface area contributed by atoms with Crippen LogP contribution in [0.3, 0.4) is 0 Å².